The van der Waals surface area contributed by atoms with E-state index in [1.165, 1.54) is 0 Å². The molecule has 1 unspecified atom stereocenters. The van der Waals surface area contributed by atoms with E-state index >= 15 is 0 Å². The normalized spacial score (nSPS) is 12.0. The van der Waals surface area contributed by atoms with Gasteiger partial charge < -0.3 is 9.47 Å². The largest absolute Gasteiger partial charge is 0.497 e. The molecule has 1 atom stereocenters. The van der Waals surface area contributed by atoms with Crippen LogP contribution in [-0.2, 0) is 30.5 Å². The van der Waals surface area contributed by atoms with Crippen LogP contribution in [-0.4, -0.2) is 38.5 Å². The van der Waals surface area contributed by atoms with Gasteiger partial charge in [0.05, 0.1) is 25.2 Å². The lowest BCUT2D eigenvalue weighted by molar-refractivity contribution is 0.411. The smallest absolute Gasteiger partial charge is 0.129 e. The number of aryl methyl sites for hydroxylation is 2. The van der Waals surface area contributed by atoms with Crippen LogP contribution in [0.2, 0.25) is 0 Å². The molecule has 1 aromatic heterocycles. The van der Waals surface area contributed by atoms with Crippen LogP contribution in [0.5, 0.6) is 11.5 Å². The van der Waals surface area contributed by atoms with Gasteiger partial charge in [-0.2, -0.15) is 0 Å². The van der Waals surface area contributed by atoms with Gasteiger partial charge in [0.25, 0.3) is 0 Å². The molecule has 0 radical (unpaired) electrons. The van der Waals surface area contributed by atoms with Gasteiger partial charge in [-0.15, -0.1) is 0 Å². The first kappa shape index (κ1) is 21.9. The number of rotatable bonds is 10. The Labute approximate surface area is 180 Å². The summed E-state index contributed by atoms with van der Waals surface area (Å²) in [5.74, 6) is 2.79. The summed E-state index contributed by atoms with van der Waals surface area (Å²) < 4.78 is 25.6. The molecule has 158 valence electrons. The molecule has 0 saturated heterocycles. The van der Waals surface area contributed by atoms with Crippen LogP contribution in [0.4, 0.5) is 0 Å². The summed E-state index contributed by atoms with van der Waals surface area (Å²) in [7, 11) is 2.10. The predicted molar refractivity (Wildman–Crippen MR) is 119 cm³/mol. The highest BCUT2D eigenvalue weighted by Crippen LogP contribution is 2.18. The number of nitrogens with zero attached hydrogens (tertiary/aromatic N) is 3. The zero-order valence-electron chi connectivity index (χ0n) is 17.6. The third kappa shape index (κ3) is 6.37. The Morgan fingerprint density at radius 1 is 0.833 bits per heavy atom. The van der Waals surface area contributed by atoms with E-state index < -0.39 is 11.0 Å². The lowest BCUT2D eigenvalue weighted by Crippen LogP contribution is -2.28. The van der Waals surface area contributed by atoms with E-state index in [4.69, 9.17) is 9.47 Å². The summed E-state index contributed by atoms with van der Waals surface area (Å²) in [6, 6.07) is 15.7. The van der Waals surface area contributed by atoms with Crippen molar-refractivity contribution in [2.75, 3.05) is 20.0 Å². The van der Waals surface area contributed by atoms with E-state index in [-0.39, 0.29) is 0 Å². The maximum absolute atomic E-state index is 13.2. The lowest BCUT2D eigenvalue weighted by atomic mass is 10.2. The molecule has 0 amide bonds. The fourth-order valence-electron chi connectivity index (χ4n) is 2.93. The van der Waals surface area contributed by atoms with Crippen LogP contribution in [0.15, 0.2) is 60.9 Å². The standard InChI is InChI=1S/C23H27N3O3S/c1-18-14-24-23(25-15-18)12-13-30(27)26(16-19-4-8-21(28-2)9-5-19)17-20-6-10-22(29-3)11-7-20/h4-11,14-15H,12-13,16-17H2,1-3H3. The van der Waals surface area contributed by atoms with Gasteiger partial charge in [0, 0.05) is 37.7 Å². The molecule has 3 rings (SSSR count). The third-order valence-corrected chi connectivity index (χ3v) is 6.05. The van der Waals surface area contributed by atoms with Gasteiger partial charge in [-0.3, -0.25) is 0 Å². The average Bonchev–Trinajstić information content (AvgIpc) is 2.79. The first-order chi connectivity index (χ1) is 14.6. The van der Waals surface area contributed by atoms with E-state index in [0.29, 0.717) is 31.1 Å². The molecule has 1 heterocycles. The van der Waals surface area contributed by atoms with Crippen LogP contribution in [0.25, 0.3) is 0 Å². The van der Waals surface area contributed by atoms with Crippen LogP contribution in [0.1, 0.15) is 22.5 Å². The minimum absolute atomic E-state index is 0.468. The molecule has 2 aromatic carbocycles. The Balaban J connectivity index is 1.72. The van der Waals surface area contributed by atoms with Crippen molar-refractivity contribution >= 4 is 11.0 Å². The number of aromatic nitrogens is 2. The maximum atomic E-state index is 13.2. The minimum Gasteiger partial charge on any atom is -0.497 e. The zero-order chi connectivity index (χ0) is 21.3. The van der Waals surface area contributed by atoms with Crippen molar-refractivity contribution in [3.05, 3.63) is 83.4 Å². The summed E-state index contributed by atoms with van der Waals surface area (Å²) in [6.45, 7) is 3.09. The Hall–Kier alpha value is -2.77. The first-order valence-corrected chi connectivity index (χ1v) is 11.0. The van der Waals surface area contributed by atoms with E-state index in [1.807, 2.05) is 59.8 Å². The van der Waals surface area contributed by atoms with Crippen molar-refractivity contribution in [3.63, 3.8) is 0 Å². The molecule has 6 nitrogen and oxygen atoms in total. The molecular formula is C23H27N3O3S. The van der Waals surface area contributed by atoms with Gasteiger partial charge in [0.2, 0.25) is 0 Å². The molecule has 0 N–H and O–H groups in total. The average molecular weight is 426 g/mol. The first-order valence-electron chi connectivity index (χ1n) is 9.74. The molecule has 0 spiro atoms. The minimum atomic E-state index is -1.19. The Morgan fingerprint density at radius 2 is 1.30 bits per heavy atom. The van der Waals surface area contributed by atoms with Gasteiger partial charge >= 0.3 is 0 Å². The maximum Gasteiger partial charge on any atom is 0.129 e. The molecule has 0 bridgehead atoms. The summed E-state index contributed by atoms with van der Waals surface area (Å²) in [4.78, 5) is 8.65. The van der Waals surface area contributed by atoms with Gasteiger partial charge in [-0.25, -0.2) is 18.5 Å². The number of hydrogen-bond donors (Lipinski definition) is 0. The fraction of sp³-hybridized carbons (Fsp3) is 0.304. The number of hydrogen-bond acceptors (Lipinski definition) is 5. The second-order valence-electron chi connectivity index (χ2n) is 6.95. The SMILES string of the molecule is COc1ccc(CN(Cc2ccc(OC)cc2)S(=O)CCc2ncc(C)cn2)cc1. The monoisotopic (exact) mass is 425 g/mol. The van der Waals surface area contributed by atoms with Crippen LogP contribution >= 0.6 is 0 Å². The van der Waals surface area contributed by atoms with Crippen LogP contribution < -0.4 is 9.47 Å². The molecule has 0 aliphatic heterocycles. The van der Waals surface area contributed by atoms with Crippen LogP contribution in [0.3, 0.4) is 0 Å². The number of benzene rings is 2. The van der Waals surface area contributed by atoms with Crippen LogP contribution in [0, 0.1) is 6.92 Å². The Morgan fingerprint density at radius 3 is 1.73 bits per heavy atom. The van der Waals surface area contributed by atoms with E-state index in [0.717, 1.165) is 28.2 Å². The van der Waals surface area contributed by atoms with E-state index in [2.05, 4.69) is 9.97 Å². The molecule has 0 aliphatic carbocycles. The van der Waals surface area contributed by atoms with Crippen molar-refractivity contribution in [1.82, 2.24) is 14.3 Å². The van der Waals surface area contributed by atoms with Crippen molar-refractivity contribution in [1.29, 1.82) is 0 Å². The van der Waals surface area contributed by atoms with Crippen molar-refractivity contribution in [2.45, 2.75) is 26.4 Å². The van der Waals surface area contributed by atoms with Gasteiger partial charge in [-0.05, 0) is 47.9 Å². The molecule has 3 aromatic rings. The van der Waals surface area contributed by atoms with Crippen molar-refractivity contribution < 1.29 is 13.7 Å². The summed E-state index contributed by atoms with van der Waals surface area (Å²) in [5.41, 5.74) is 3.16. The topological polar surface area (TPSA) is 64.6 Å². The summed E-state index contributed by atoms with van der Waals surface area (Å²) in [5, 5.41) is 0. The fourth-order valence-corrected chi connectivity index (χ4v) is 4.13. The van der Waals surface area contributed by atoms with E-state index in [1.54, 1.807) is 26.6 Å². The quantitative estimate of drug-likeness (QED) is 0.495. The molecule has 0 fully saturated rings. The van der Waals surface area contributed by atoms with Gasteiger partial charge in [0.15, 0.2) is 0 Å². The molecular weight excluding hydrogens is 398 g/mol. The molecule has 30 heavy (non-hydrogen) atoms. The second kappa shape index (κ2) is 10.8. The van der Waals surface area contributed by atoms with Gasteiger partial charge in [-0.1, -0.05) is 24.3 Å². The zero-order valence-corrected chi connectivity index (χ0v) is 18.4. The Bertz CT molecular complexity index is 895. The van der Waals surface area contributed by atoms with E-state index in [9.17, 15) is 4.21 Å². The highest BCUT2D eigenvalue weighted by molar-refractivity contribution is 7.82. The van der Waals surface area contributed by atoms with Gasteiger partial charge in [0.1, 0.15) is 17.3 Å². The summed E-state index contributed by atoms with van der Waals surface area (Å²) >= 11 is 0. The lowest BCUT2D eigenvalue weighted by Gasteiger charge is -2.22. The van der Waals surface area contributed by atoms with Crippen molar-refractivity contribution in [2.24, 2.45) is 0 Å². The molecule has 7 heteroatoms. The molecule has 0 aliphatic rings. The number of methoxy groups -OCH3 is 2. The Kier molecular flexibility index (Phi) is 7.93. The number of ether oxygens (including phenoxy) is 2. The predicted octanol–water partition coefficient (Wildman–Crippen LogP) is 3.71. The highest BCUT2D eigenvalue weighted by Gasteiger charge is 2.16. The second-order valence-corrected chi connectivity index (χ2v) is 8.51. The van der Waals surface area contributed by atoms with Crippen molar-refractivity contribution in [3.8, 4) is 11.5 Å². The summed E-state index contributed by atoms with van der Waals surface area (Å²) in [6.07, 6.45) is 4.14. The molecule has 0 saturated carbocycles. The third-order valence-electron chi connectivity index (χ3n) is 4.66. The highest BCUT2D eigenvalue weighted by atomic mass is 32.2.